The first-order chi connectivity index (χ1) is 17.1. The Balaban J connectivity index is 1.31. The molecule has 1 aromatic carbocycles. The predicted octanol–water partition coefficient (Wildman–Crippen LogP) is 5.88. The van der Waals surface area contributed by atoms with E-state index in [-0.39, 0.29) is 0 Å². The maximum Gasteiger partial charge on any atom is 0.243 e. The second-order valence-electron chi connectivity index (χ2n) is 11.5. The summed E-state index contributed by atoms with van der Waals surface area (Å²) in [4.78, 5) is 15.4. The van der Waals surface area contributed by atoms with E-state index >= 15 is 0 Å². The van der Waals surface area contributed by atoms with E-state index in [1.165, 1.54) is 22.2 Å². The molecule has 6 rings (SSSR count). The third-order valence-corrected chi connectivity index (χ3v) is 11.4. The van der Waals surface area contributed by atoms with E-state index < -0.39 is 10.0 Å². The van der Waals surface area contributed by atoms with E-state index in [2.05, 4.69) is 25.7 Å². The first kappa shape index (κ1) is 24.6. The standard InChI is InChI=1S/C27H33ClN4O2S2/c1-27(2,3)18-6-11-21-22(16-18)35-26-23(21)25(29-24(30-26)17-4-5-17)31-12-14-32(15-13-31)36(33,34)20-9-7-19(28)8-10-20/h7-10,17-18H,4-6,11-16H2,1-3H3/t18-/m1/s1. The molecule has 6 nitrogen and oxygen atoms in total. The maximum atomic E-state index is 13.2. The molecule has 192 valence electrons. The number of piperazine rings is 1. The van der Waals surface area contributed by atoms with E-state index in [0.29, 0.717) is 53.3 Å². The highest BCUT2D eigenvalue weighted by atomic mass is 35.5. The summed E-state index contributed by atoms with van der Waals surface area (Å²) >= 11 is 7.83. The van der Waals surface area contributed by atoms with Gasteiger partial charge in [0, 0.05) is 42.0 Å². The highest BCUT2D eigenvalue weighted by Crippen LogP contribution is 2.47. The average Bonchev–Trinajstić information content (AvgIpc) is 3.63. The van der Waals surface area contributed by atoms with Gasteiger partial charge in [0.15, 0.2) is 0 Å². The molecule has 3 heterocycles. The Morgan fingerprint density at radius 1 is 1.00 bits per heavy atom. The molecule has 1 atom stereocenters. The Bertz CT molecular complexity index is 1400. The van der Waals surface area contributed by atoms with E-state index in [1.807, 2.05) is 11.3 Å². The molecule has 2 aromatic heterocycles. The minimum atomic E-state index is -3.54. The van der Waals surface area contributed by atoms with Crippen molar-refractivity contribution in [2.75, 3.05) is 31.1 Å². The second kappa shape index (κ2) is 8.93. The Hall–Kier alpha value is -1.74. The van der Waals surface area contributed by atoms with Gasteiger partial charge in [0.05, 0.1) is 10.3 Å². The zero-order valence-electron chi connectivity index (χ0n) is 21.1. The minimum absolute atomic E-state index is 0.293. The fourth-order valence-corrected chi connectivity index (χ4v) is 8.41. The Morgan fingerprint density at radius 3 is 2.33 bits per heavy atom. The largest absolute Gasteiger partial charge is 0.353 e. The fourth-order valence-electron chi connectivity index (χ4n) is 5.56. The monoisotopic (exact) mass is 544 g/mol. The molecule has 36 heavy (non-hydrogen) atoms. The van der Waals surface area contributed by atoms with Crippen LogP contribution >= 0.6 is 22.9 Å². The Morgan fingerprint density at radius 2 is 1.69 bits per heavy atom. The summed E-state index contributed by atoms with van der Waals surface area (Å²) in [6.07, 6.45) is 5.70. The molecule has 0 unspecified atom stereocenters. The van der Waals surface area contributed by atoms with Crippen LogP contribution < -0.4 is 4.90 Å². The smallest absolute Gasteiger partial charge is 0.243 e. The molecule has 0 radical (unpaired) electrons. The summed E-state index contributed by atoms with van der Waals surface area (Å²) in [7, 11) is -3.54. The van der Waals surface area contributed by atoms with E-state index in [0.717, 1.165) is 42.2 Å². The number of aryl methyl sites for hydroxylation is 1. The lowest BCUT2D eigenvalue weighted by molar-refractivity contribution is 0.218. The van der Waals surface area contributed by atoms with Crippen LogP contribution in [-0.2, 0) is 22.9 Å². The number of halogens is 1. The number of aromatic nitrogens is 2. The van der Waals surface area contributed by atoms with Crippen LogP contribution in [0.5, 0.6) is 0 Å². The van der Waals surface area contributed by atoms with Crippen LogP contribution in [0.1, 0.15) is 62.2 Å². The van der Waals surface area contributed by atoms with Gasteiger partial charge in [-0.15, -0.1) is 11.3 Å². The van der Waals surface area contributed by atoms with Crippen LogP contribution in [0.4, 0.5) is 5.82 Å². The summed E-state index contributed by atoms with van der Waals surface area (Å²) in [6, 6.07) is 6.43. The van der Waals surface area contributed by atoms with Gasteiger partial charge in [0.25, 0.3) is 0 Å². The van der Waals surface area contributed by atoms with Crippen LogP contribution in [0.15, 0.2) is 29.2 Å². The predicted molar refractivity (Wildman–Crippen MR) is 147 cm³/mol. The van der Waals surface area contributed by atoms with Crippen molar-refractivity contribution in [2.45, 2.75) is 63.7 Å². The topological polar surface area (TPSA) is 66.4 Å². The number of hydrogen-bond acceptors (Lipinski definition) is 6. The number of sulfonamides is 1. The zero-order chi connectivity index (χ0) is 25.2. The highest BCUT2D eigenvalue weighted by Gasteiger charge is 2.36. The molecule has 0 amide bonds. The van der Waals surface area contributed by atoms with Gasteiger partial charge in [0.2, 0.25) is 10.0 Å². The van der Waals surface area contributed by atoms with Gasteiger partial charge in [0.1, 0.15) is 16.5 Å². The number of benzene rings is 1. The van der Waals surface area contributed by atoms with Gasteiger partial charge in [-0.2, -0.15) is 4.31 Å². The molecule has 2 fully saturated rings. The molecule has 1 aliphatic heterocycles. The molecule has 9 heteroatoms. The van der Waals surface area contributed by atoms with Gasteiger partial charge in [-0.25, -0.2) is 18.4 Å². The Labute approximate surface area is 222 Å². The summed E-state index contributed by atoms with van der Waals surface area (Å²) in [6.45, 7) is 9.18. The number of anilines is 1. The first-order valence-electron chi connectivity index (χ1n) is 12.9. The highest BCUT2D eigenvalue weighted by molar-refractivity contribution is 7.89. The SMILES string of the molecule is CC(C)(C)[C@@H]1CCc2c(sc3nc(C4CC4)nc(N4CCN(S(=O)(=O)c5ccc(Cl)cc5)CC4)c23)C1. The van der Waals surface area contributed by atoms with Gasteiger partial charge in [-0.05, 0) is 73.3 Å². The van der Waals surface area contributed by atoms with Gasteiger partial charge < -0.3 is 4.90 Å². The summed E-state index contributed by atoms with van der Waals surface area (Å²) < 4.78 is 28.0. The van der Waals surface area contributed by atoms with Crippen molar-refractivity contribution in [3.8, 4) is 0 Å². The van der Waals surface area contributed by atoms with E-state index in [9.17, 15) is 8.42 Å². The number of hydrogen-bond donors (Lipinski definition) is 0. The zero-order valence-corrected chi connectivity index (χ0v) is 23.5. The second-order valence-corrected chi connectivity index (χ2v) is 15.0. The lowest BCUT2D eigenvalue weighted by atomic mass is 9.72. The van der Waals surface area contributed by atoms with Gasteiger partial charge in [-0.1, -0.05) is 32.4 Å². The quantitative estimate of drug-likeness (QED) is 0.410. The Kier molecular flexibility index (Phi) is 6.10. The molecule has 3 aliphatic rings. The van der Waals surface area contributed by atoms with Gasteiger partial charge >= 0.3 is 0 Å². The normalized spacial score (nSPS) is 21.7. The molecule has 3 aromatic rings. The fraction of sp³-hybridized carbons (Fsp3) is 0.556. The van der Waals surface area contributed by atoms with Crippen molar-refractivity contribution in [1.82, 2.24) is 14.3 Å². The number of fused-ring (bicyclic) bond motifs is 3. The summed E-state index contributed by atoms with van der Waals surface area (Å²) in [5.74, 6) is 3.15. The lowest BCUT2D eigenvalue weighted by Crippen LogP contribution is -2.49. The van der Waals surface area contributed by atoms with Crippen LogP contribution in [0.2, 0.25) is 5.02 Å². The maximum absolute atomic E-state index is 13.2. The molecule has 2 aliphatic carbocycles. The number of rotatable bonds is 4. The van der Waals surface area contributed by atoms with E-state index in [1.54, 1.807) is 28.6 Å². The van der Waals surface area contributed by atoms with Crippen molar-refractivity contribution < 1.29 is 8.42 Å². The molecule has 0 bridgehead atoms. The van der Waals surface area contributed by atoms with Crippen molar-refractivity contribution in [3.05, 3.63) is 45.6 Å². The van der Waals surface area contributed by atoms with E-state index in [4.69, 9.17) is 21.6 Å². The van der Waals surface area contributed by atoms with Crippen LogP contribution in [-0.4, -0.2) is 48.9 Å². The molecule has 1 saturated carbocycles. The average molecular weight is 545 g/mol. The lowest BCUT2D eigenvalue weighted by Gasteiger charge is -2.36. The third-order valence-electron chi connectivity index (χ3n) is 8.06. The molecule has 1 saturated heterocycles. The summed E-state index contributed by atoms with van der Waals surface area (Å²) in [5, 5.41) is 1.76. The van der Waals surface area contributed by atoms with Crippen LogP contribution in [0.25, 0.3) is 10.2 Å². The first-order valence-corrected chi connectivity index (χ1v) is 15.6. The molecule has 0 N–H and O–H groups in total. The minimum Gasteiger partial charge on any atom is -0.353 e. The van der Waals surface area contributed by atoms with Crippen molar-refractivity contribution in [1.29, 1.82) is 0 Å². The van der Waals surface area contributed by atoms with Gasteiger partial charge in [-0.3, -0.25) is 0 Å². The van der Waals surface area contributed by atoms with Crippen LogP contribution in [0, 0.1) is 11.3 Å². The third kappa shape index (κ3) is 4.44. The van der Waals surface area contributed by atoms with Crippen molar-refractivity contribution in [2.24, 2.45) is 11.3 Å². The number of thiophene rings is 1. The molecule has 0 spiro atoms. The molecular formula is C27H33ClN4O2S2. The van der Waals surface area contributed by atoms with Crippen LogP contribution in [0.3, 0.4) is 0 Å². The number of nitrogens with zero attached hydrogens (tertiary/aromatic N) is 4. The summed E-state index contributed by atoms with van der Waals surface area (Å²) in [5.41, 5.74) is 1.73. The van der Waals surface area contributed by atoms with Crippen molar-refractivity contribution in [3.63, 3.8) is 0 Å². The van der Waals surface area contributed by atoms with Crippen molar-refractivity contribution >= 4 is 49.0 Å². The molecular weight excluding hydrogens is 512 g/mol.